The highest BCUT2D eigenvalue weighted by atomic mass is 15.5. The number of nitrogens with two attached hydrogens (primary N) is 2. The molecule has 1 heterocycles. The number of nitrogens with zero attached hydrogens (tertiary/aromatic N) is 5. The monoisotopic (exact) mass is 331 g/mol. The summed E-state index contributed by atoms with van der Waals surface area (Å²) in [5.41, 5.74) is 13.3. The van der Waals surface area contributed by atoms with Gasteiger partial charge in [-0.3, -0.25) is 0 Å². The van der Waals surface area contributed by atoms with Crippen LogP contribution in [-0.4, -0.2) is 56.4 Å². The molecule has 132 valence electrons. The van der Waals surface area contributed by atoms with Gasteiger partial charge in [0.1, 0.15) is 0 Å². The molecule has 0 unspecified atom stereocenters. The third-order valence-electron chi connectivity index (χ3n) is 4.02. The average Bonchev–Trinajstić information content (AvgIpc) is 2.92. The van der Waals surface area contributed by atoms with E-state index in [-0.39, 0.29) is 6.29 Å². The molecule has 0 amide bonds. The first-order chi connectivity index (χ1) is 11.7. The summed E-state index contributed by atoms with van der Waals surface area (Å²) >= 11 is 0. The Morgan fingerprint density at radius 2 is 1.50 bits per heavy atom. The summed E-state index contributed by atoms with van der Waals surface area (Å²) in [7, 11) is 3.97. The van der Waals surface area contributed by atoms with Crippen LogP contribution in [0.25, 0.3) is 0 Å². The van der Waals surface area contributed by atoms with Crippen LogP contribution in [0.15, 0.2) is 46.9 Å². The van der Waals surface area contributed by atoms with Crippen LogP contribution in [0.5, 0.6) is 0 Å². The summed E-state index contributed by atoms with van der Waals surface area (Å²) in [6, 6.07) is 8.17. The molecule has 0 radical (unpaired) electrons. The predicted octanol–water partition coefficient (Wildman–Crippen LogP) is 1.91. The Labute approximate surface area is 144 Å². The fourth-order valence-corrected chi connectivity index (χ4v) is 2.60. The van der Waals surface area contributed by atoms with E-state index < -0.39 is 0 Å². The van der Waals surface area contributed by atoms with E-state index in [1.807, 2.05) is 48.4 Å². The van der Waals surface area contributed by atoms with Crippen molar-refractivity contribution in [1.29, 1.82) is 0 Å². The SMILES string of the molecule is CN1C=CN(C)C1N=Nc1ccc(N(CCCN)CCCN)cc1. The van der Waals surface area contributed by atoms with Crippen molar-refractivity contribution in [3.8, 4) is 0 Å². The lowest BCUT2D eigenvalue weighted by atomic mass is 10.2. The van der Waals surface area contributed by atoms with Crippen LogP contribution < -0.4 is 16.4 Å². The zero-order chi connectivity index (χ0) is 17.4. The number of benzene rings is 1. The number of azo groups is 1. The molecule has 7 heteroatoms. The number of hydrogen-bond donors (Lipinski definition) is 2. The second-order valence-electron chi connectivity index (χ2n) is 5.98. The van der Waals surface area contributed by atoms with E-state index in [9.17, 15) is 0 Å². The molecule has 0 atom stereocenters. The zero-order valence-corrected chi connectivity index (χ0v) is 14.7. The van der Waals surface area contributed by atoms with Gasteiger partial charge < -0.3 is 26.2 Å². The van der Waals surface area contributed by atoms with E-state index >= 15 is 0 Å². The molecule has 1 aromatic rings. The number of anilines is 1. The topological polar surface area (TPSA) is 86.5 Å². The lowest BCUT2D eigenvalue weighted by Crippen LogP contribution is -2.31. The van der Waals surface area contributed by atoms with Gasteiger partial charge in [0.2, 0.25) is 6.29 Å². The summed E-state index contributed by atoms with van der Waals surface area (Å²) in [5.74, 6) is 0. The highest BCUT2D eigenvalue weighted by molar-refractivity contribution is 5.52. The number of rotatable bonds is 9. The molecule has 0 spiro atoms. The van der Waals surface area contributed by atoms with Crippen LogP contribution >= 0.6 is 0 Å². The Morgan fingerprint density at radius 1 is 0.958 bits per heavy atom. The second-order valence-corrected chi connectivity index (χ2v) is 5.98. The Morgan fingerprint density at radius 3 is 2.00 bits per heavy atom. The number of hydrogen-bond acceptors (Lipinski definition) is 7. The maximum atomic E-state index is 5.64. The molecule has 0 fully saturated rings. The van der Waals surface area contributed by atoms with E-state index in [4.69, 9.17) is 11.5 Å². The van der Waals surface area contributed by atoms with Crippen molar-refractivity contribution < 1.29 is 0 Å². The molecular formula is C17H29N7. The van der Waals surface area contributed by atoms with Crippen LogP contribution in [0.4, 0.5) is 11.4 Å². The van der Waals surface area contributed by atoms with Gasteiger partial charge in [0.15, 0.2) is 0 Å². The summed E-state index contributed by atoms with van der Waals surface area (Å²) in [5, 5.41) is 8.75. The van der Waals surface area contributed by atoms with Gasteiger partial charge in [0.25, 0.3) is 0 Å². The molecule has 1 aliphatic heterocycles. The van der Waals surface area contributed by atoms with Gasteiger partial charge in [-0.05, 0) is 50.2 Å². The quantitative estimate of drug-likeness (QED) is 0.675. The highest BCUT2D eigenvalue weighted by Gasteiger charge is 2.19. The van der Waals surface area contributed by atoms with Crippen LogP contribution in [0, 0.1) is 0 Å². The molecule has 2 rings (SSSR count). The highest BCUT2D eigenvalue weighted by Crippen LogP contribution is 2.22. The normalized spacial score (nSPS) is 15.0. The summed E-state index contributed by atoms with van der Waals surface area (Å²) in [6.07, 6.45) is 5.84. The fraction of sp³-hybridized carbons (Fsp3) is 0.529. The van der Waals surface area contributed by atoms with Crippen molar-refractivity contribution in [3.05, 3.63) is 36.7 Å². The van der Waals surface area contributed by atoms with Crippen molar-refractivity contribution in [1.82, 2.24) is 9.80 Å². The molecule has 4 N–H and O–H groups in total. The molecular weight excluding hydrogens is 302 g/mol. The largest absolute Gasteiger partial charge is 0.371 e. The van der Waals surface area contributed by atoms with Crippen molar-refractivity contribution in [2.24, 2.45) is 21.7 Å². The lowest BCUT2D eigenvalue weighted by molar-refractivity contribution is 0.206. The first-order valence-electron chi connectivity index (χ1n) is 8.44. The van der Waals surface area contributed by atoms with Crippen LogP contribution in [0.3, 0.4) is 0 Å². The van der Waals surface area contributed by atoms with Crippen molar-refractivity contribution in [2.75, 3.05) is 45.2 Å². The van der Waals surface area contributed by atoms with E-state index in [2.05, 4.69) is 27.3 Å². The van der Waals surface area contributed by atoms with E-state index in [1.165, 1.54) is 5.69 Å². The van der Waals surface area contributed by atoms with Gasteiger partial charge in [-0.15, -0.1) is 5.11 Å². The Hall–Kier alpha value is -2.12. The lowest BCUT2D eigenvalue weighted by Gasteiger charge is -2.24. The minimum absolute atomic E-state index is 0.0738. The van der Waals surface area contributed by atoms with Crippen molar-refractivity contribution in [3.63, 3.8) is 0 Å². The van der Waals surface area contributed by atoms with Crippen LogP contribution in [0.1, 0.15) is 12.8 Å². The van der Waals surface area contributed by atoms with Crippen LogP contribution in [-0.2, 0) is 0 Å². The summed E-state index contributed by atoms with van der Waals surface area (Å²) in [4.78, 5) is 6.35. The van der Waals surface area contributed by atoms with Gasteiger partial charge in [-0.1, -0.05) is 0 Å². The van der Waals surface area contributed by atoms with E-state index in [0.717, 1.165) is 31.6 Å². The standard InChI is InChI=1S/C17H29N7/c1-22-13-14-23(2)17(22)21-20-15-5-7-16(8-6-15)24(11-3-9-18)12-4-10-19/h5-8,13-14,17H,3-4,9-12,18-19H2,1-2H3. The molecule has 1 aliphatic rings. The Balaban J connectivity index is 2.00. The maximum Gasteiger partial charge on any atom is 0.217 e. The summed E-state index contributed by atoms with van der Waals surface area (Å²) < 4.78 is 0. The fourth-order valence-electron chi connectivity index (χ4n) is 2.60. The minimum atomic E-state index is -0.0738. The minimum Gasteiger partial charge on any atom is -0.371 e. The third kappa shape index (κ3) is 4.94. The summed E-state index contributed by atoms with van der Waals surface area (Å²) in [6.45, 7) is 3.28. The van der Waals surface area contributed by atoms with Gasteiger partial charge in [-0.2, -0.15) is 5.11 Å². The van der Waals surface area contributed by atoms with Gasteiger partial charge in [0.05, 0.1) is 5.69 Å². The molecule has 7 nitrogen and oxygen atoms in total. The van der Waals surface area contributed by atoms with E-state index in [0.29, 0.717) is 13.1 Å². The maximum absolute atomic E-state index is 5.64. The Bertz CT molecular complexity index is 520. The first-order valence-corrected chi connectivity index (χ1v) is 8.44. The van der Waals surface area contributed by atoms with Crippen molar-refractivity contribution in [2.45, 2.75) is 19.1 Å². The molecule has 1 aromatic carbocycles. The first kappa shape index (κ1) is 18.2. The van der Waals surface area contributed by atoms with E-state index in [1.54, 1.807) is 0 Å². The Kier molecular flexibility index (Phi) is 7.02. The zero-order valence-electron chi connectivity index (χ0n) is 14.7. The van der Waals surface area contributed by atoms with Crippen molar-refractivity contribution >= 4 is 11.4 Å². The second kappa shape index (κ2) is 9.24. The molecule has 0 aromatic heterocycles. The van der Waals surface area contributed by atoms with Gasteiger partial charge >= 0.3 is 0 Å². The molecule has 0 aliphatic carbocycles. The van der Waals surface area contributed by atoms with Gasteiger partial charge in [0, 0.05) is 45.3 Å². The third-order valence-corrected chi connectivity index (χ3v) is 4.02. The molecule has 0 bridgehead atoms. The van der Waals surface area contributed by atoms with Crippen LogP contribution in [0.2, 0.25) is 0 Å². The molecule has 0 saturated carbocycles. The average molecular weight is 331 g/mol. The molecule has 24 heavy (non-hydrogen) atoms. The predicted molar refractivity (Wildman–Crippen MR) is 99.0 cm³/mol. The van der Waals surface area contributed by atoms with Gasteiger partial charge in [-0.25, -0.2) is 0 Å². The molecule has 0 saturated heterocycles. The smallest absolute Gasteiger partial charge is 0.217 e.